The van der Waals surface area contributed by atoms with E-state index in [0.717, 1.165) is 12.1 Å². The van der Waals surface area contributed by atoms with E-state index in [-0.39, 0.29) is 0 Å². The van der Waals surface area contributed by atoms with Crippen LogP contribution in [-0.4, -0.2) is 24.3 Å². The molecule has 8 heteroatoms. The number of halogens is 3. The Labute approximate surface area is 164 Å². The van der Waals surface area contributed by atoms with E-state index in [1.165, 1.54) is 31.7 Å². The molecule has 0 N–H and O–H groups in total. The molecule has 3 rings (SSSR count). The molecule has 0 radical (unpaired) electrons. The number of nitrogens with zero attached hydrogens (tertiary/aromatic N) is 2. The van der Waals surface area contributed by atoms with Crippen LogP contribution in [0.4, 0.5) is 18.9 Å². The maximum Gasteiger partial charge on any atom is 0.416 e. The number of methoxy groups -OCH3 is 1. The second-order valence-corrected chi connectivity index (χ2v) is 5.85. The van der Waals surface area contributed by atoms with E-state index >= 15 is 0 Å². The third-order valence-electron chi connectivity index (χ3n) is 3.82. The topological polar surface area (TPSA) is 60.8 Å². The van der Waals surface area contributed by atoms with Crippen LogP contribution in [0.25, 0.3) is 0 Å². The van der Waals surface area contributed by atoms with Crippen LogP contribution in [-0.2, 0) is 10.9 Å². The van der Waals surface area contributed by atoms with Crippen LogP contribution in [0.5, 0.6) is 11.6 Å². The van der Waals surface area contributed by atoms with Gasteiger partial charge in [-0.1, -0.05) is 12.1 Å². The fraction of sp³-hybridized carbons (Fsp3) is 0.0952. The normalized spacial score (nSPS) is 11.4. The Morgan fingerprint density at radius 1 is 1.00 bits per heavy atom. The molecular weight excluding hydrogens is 385 g/mol. The van der Waals surface area contributed by atoms with Crippen molar-refractivity contribution in [3.63, 3.8) is 0 Å². The molecule has 2 aromatic carbocycles. The number of carbonyl (C=O) groups is 1. The van der Waals surface area contributed by atoms with E-state index in [2.05, 4.69) is 14.7 Å². The van der Waals surface area contributed by atoms with E-state index in [9.17, 15) is 18.0 Å². The summed E-state index contributed by atoms with van der Waals surface area (Å²) in [6, 6.07) is 14.3. The zero-order valence-electron chi connectivity index (χ0n) is 15.2. The lowest BCUT2D eigenvalue weighted by Crippen LogP contribution is -2.04. The second kappa shape index (κ2) is 8.55. The summed E-state index contributed by atoms with van der Waals surface area (Å²) in [5, 5.41) is 0. The van der Waals surface area contributed by atoms with E-state index in [0.29, 0.717) is 28.4 Å². The van der Waals surface area contributed by atoms with Gasteiger partial charge in [0, 0.05) is 12.3 Å². The summed E-state index contributed by atoms with van der Waals surface area (Å²) in [4.78, 5) is 19.7. The highest BCUT2D eigenvalue weighted by molar-refractivity contribution is 5.89. The molecule has 0 bridgehead atoms. The molecule has 1 heterocycles. The summed E-state index contributed by atoms with van der Waals surface area (Å²) in [6.07, 6.45) is -1.45. The van der Waals surface area contributed by atoms with Crippen molar-refractivity contribution in [3.05, 3.63) is 83.6 Å². The average Bonchev–Trinajstić information content (AvgIpc) is 2.73. The molecule has 0 saturated carbocycles. The molecule has 1 aromatic heterocycles. The highest BCUT2D eigenvalue weighted by Crippen LogP contribution is 2.29. The fourth-order valence-corrected chi connectivity index (χ4v) is 2.31. The third-order valence-corrected chi connectivity index (χ3v) is 3.82. The summed E-state index contributed by atoms with van der Waals surface area (Å²) in [5.41, 5.74) is 0.737. The quantitative estimate of drug-likeness (QED) is 0.423. The first-order valence-electron chi connectivity index (χ1n) is 8.39. The summed E-state index contributed by atoms with van der Waals surface area (Å²) in [5.74, 6) is 0.375. The molecule has 0 spiro atoms. The van der Waals surface area contributed by atoms with Crippen LogP contribution in [0.1, 0.15) is 21.5 Å². The van der Waals surface area contributed by atoms with Crippen molar-refractivity contribution < 1.29 is 27.4 Å². The first-order chi connectivity index (χ1) is 13.8. The van der Waals surface area contributed by atoms with Crippen molar-refractivity contribution in [1.82, 2.24) is 4.98 Å². The molecular formula is C21H15F3N2O3. The predicted molar refractivity (Wildman–Crippen MR) is 101 cm³/mol. The lowest BCUT2D eigenvalue weighted by molar-refractivity contribution is -0.137. The molecule has 0 aliphatic heterocycles. The SMILES string of the molecule is COC(=O)c1ccc(Oc2ccc(N=Cc3ccc(C(F)(F)F)cc3)cn2)cc1. The van der Waals surface area contributed by atoms with E-state index in [1.54, 1.807) is 36.4 Å². The number of rotatable bonds is 5. The van der Waals surface area contributed by atoms with Gasteiger partial charge in [0.1, 0.15) is 5.75 Å². The Bertz CT molecular complexity index is 997. The van der Waals surface area contributed by atoms with Crippen LogP contribution >= 0.6 is 0 Å². The minimum atomic E-state index is -4.37. The number of esters is 1. The molecule has 0 fully saturated rings. The number of aromatic nitrogens is 1. The van der Waals surface area contributed by atoms with Crippen LogP contribution in [0.3, 0.4) is 0 Å². The van der Waals surface area contributed by atoms with Crippen molar-refractivity contribution in [3.8, 4) is 11.6 Å². The maximum atomic E-state index is 12.6. The van der Waals surface area contributed by atoms with Crippen molar-refractivity contribution in [2.75, 3.05) is 7.11 Å². The van der Waals surface area contributed by atoms with Gasteiger partial charge < -0.3 is 9.47 Å². The molecule has 0 amide bonds. The summed E-state index contributed by atoms with van der Waals surface area (Å²) < 4.78 is 47.9. The molecule has 0 unspecified atom stereocenters. The van der Waals surface area contributed by atoms with Gasteiger partial charge in [-0.3, -0.25) is 4.99 Å². The Hall–Kier alpha value is -3.68. The Kier molecular flexibility index (Phi) is 5.92. The lowest BCUT2D eigenvalue weighted by atomic mass is 10.1. The highest BCUT2D eigenvalue weighted by Gasteiger charge is 2.29. The second-order valence-electron chi connectivity index (χ2n) is 5.85. The van der Waals surface area contributed by atoms with Gasteiger partial charge >= 0.3 is 12.1 Å². The fourth-order valence-electron chi connectivity index (χ4n) is 2.31. The maximum absolute atomic E-state index is 12.6. The van der Waals surface area contributed by atoms with Gasteiger partial charge in [-0.2, -0.15) is 13.2 Å². The monoisotopic (exact) mass is 400 g/mol. The number of benzene rings is 2. The lowest BCUT2D eigenvalue weighted by Gasteiger charge is -2.06. The van der Waals surface area contributed by atoms with Crippen molar-refractivity contribution >= 4 is 17.9 Å². The van der Waals surface area contributed by atoms with Crippen LogP contribution < -0.4 is 4.74 Å². The number of hydrogen-bond acceptors (Lipinski definition) is 5. The van der Waals surface area contributed by atoms with Gasteiger partial charge in [0.15, 0.2) is 0 Å². The standard InChI is InChI=1S/C21H15F3N2O3/c1-28-20(27)15-4-9-18(10-5-15)29-19-11-8-17(13-26-19)25-12-14-2-6-16(7-3-14)21(22,23)24/h2-13H,1H3. The summed E-state index contributed by atoms with van der Waals surface area (Å²) in [7, 11) is 1.30. The Morgan fingerprint density at radius 2 is 1.69 bits per heavy atom. The first-order valence-corrected chi connectivity index (χ1v) is 8.39. The van der Waals surface area contributed by atoms with Gasteiger partial charge in [0.05, 0.1) is 30.1 Å². The smallest absolute Gasteiger partial charge is 0.416 e. The molecule has 0 atom stereocenters. The Morgan fingerprint density at radius 3 is 2.24 bits per heavy atom. The van der Waals surface area contributed by atoms with Gasteiger partial charge in [0.25, 0.3) is 0 Å². The van der Waals surface area contributed by atoms with Crippen molar-refractivity contribution in [2.24, 2.45) is 4.99 Å². The van der Waals surface area contributed by atoms with Gasteiger partial charge in [-0.25, -0.2) is 9.78 Å². The van der Waals surface area contributed by atoms with Crippen LogP contribution in [0, 0.1) is 0 Å². The van der Waals surface area contributed by atoms with E-state index in [1.807, 2.05) is 0 Å². The molecule has 0 aliphatic carbocycles. The van der Waals surface area contributed by atoms with Gasteiger partial charge in [-0.15, -0.1) is 0 Å². The molecule has 3 aromatic rings. The largest absolute Gasteiger partial charge is 0.465 e. The number of alkyl halides is 3. The first kappa shape index (κ1) is 20.1. The molecule has 29 heavy (non-hydrogen) atoms. The molecule has 0 aliphatic rings. The number of pyridine rings is 1. The van der Waals surface area contributed by atoms with Crippen LogP contribution in [0.15, 0.2) is 71.9 Å². The highest BCUT2D eigenvalue weighted by atomic mass is 19.4. The van der Waals surface area contributed by atoms with Crippen molar-refractivity contribution in [2.45, 2.75) is 6.18 Å². The van der Waals surface area contributed by atoms with Gasteiger partial charge in [-0.05, 0) is 48.0 Å². The number of hydrogen-bond donors (Lipinski definition) is 0. The van der Waals surface area contributed by atoms with E-state index in [4.69, 9.17) is 4.74 Å². The minimum Gasteiger partial charge on any atom is -0.465 e. The average molecular weight is 400 g/mol. The molecule has 5 nitrogen and oxygen atoms in total. The zero-order valence-corrected chi connectivity index (χ0v) is 15.2. The number of aliphatic imine (C=N–C) groups is 1. The number of carbonyl (C=O) groups excluding carboxylic acids is 1. The third kappa shape index (κ3) is 5.41. The number of ether oxygens (including phenoxy) is 2. The van der Waals surface area contributed by atoms with Crippen molar-refractivity contribution in [1.29, 1.82) is 0 Å². The summed E-state index contributed by atoms with van der Waals surface area (Å²) in [6.45, 7) is 0. The minimum absolute atomic E-state index is 0.323. The summed E-state index contributed by atoms with van der Waals surface area (Å²) >= 11 is 0. The van der Waals surface area contributed by atoms with Gasteiger partial charge in [0.2, 0.25) is 5.88 Å². The molecule has 148 valence electrons. The molecule has 0 saturated heterocycles. The Balaban J connectivity index is 1.62. The van der Waals surface area contributed by atoms with E-state index < -0.39 is 17.7 Å². The predicted octanol–water partition coefficient (Wildman–Crippen LogP) is 5.43. The zero-order chi connectivity index (χ0) is 20.9. The van der Waals surface area contributed by atoms with Crippen LogP contribution in [0.2, 0.25) is 0 Å².